The summed E-state index contributed by atoms with van der Waals surface area (Å²) in [4.78, 5) is 24.2. The van der Waals surface area contributed by atoms with Crippen LogP contribution in [0.2, 0.25) is 0 Å². The van der Waals surface area contributed by atoms with Crippen molar-refractivity contribution in [3.63, 3.8) is 0 Å². The average Bonchev–Trinajstić information content (AvgIpc) is 2.65. The van der Waals surface area contributed by atoms with Crippen LogP contribution < -0.4 is 4.72 Å². The first-order valence-electron chi connectivity index (χ1n) is 7.50. The Morgan fingerprint density at radius 2 is 1.85 bits per heavy atom. The molecule has 0 atom stereocenters. The number of hydrogen-bond acceptors (Lipinski definition) is 5. The van der Waals surface area contributed by atoms with Crippen molar-refractivity contribution in [1.82, 2.24) is 4.72 Å². The maximum Gasteiger partial charge on any atom is 0.339 e. The van der Waals surface area contributed by atoms with Crippen molar-refractivity contribution in [2.75, 3.05) is 13.2 Å². The zero-order chi connectivity index (χ0) is 19.2. The third-order valence-corrected chi connectivity index (χ3v) is 5.43. The zero-order valence-corrected chi connectivity index (χ0v) is 16.0. The van der Waals surface area contributed by atoms with Crippen LogP contribution >= 0.6 is 15.9 Å². The zero-order valence-electron chi connectivity index (χ0n) is 13.6. The second-order valence-electron chi connectivity index (χ2n) is 5.15. The van der Waals surface area contributed by atoms with E-state index in [-0.39, 0.29) is 22.8 Å². The average molecular weight is 438 g/mol. The van der Waals surface area contributed by atoms with E-state index in [2.05, 4.69) is 27.2 Å². The first-order valence-corrected chi connectivity index (χ1v) is 9.78. The van der Waals surface area contributed by atoms with Crippen LogP contribution in [0, 0.1) is 0 Å². The summed E-state index contributed by atoms with van der Waals surface area (Å²) in [5.41, 5.74) is 0.427. The van der Waals surface area contributed by atoms with E-state index in [1.54, 1.807) is 30.3 Å². The number of ether oxygens (including phenoxy) is 1. The maximum absolute atomic E-state index is 12.3. The molecule has 0 amide bonds. The summed E-state index contributed by atoms with van der Waals surface area (Å²) < 4.78 is 32.0. The van der Waals surface area contributed by atoms with Gasteiger partial charge in [-0.05, 0) is 34.1 Å². The van der Waals surface area contributed by atoms with Crippen molar-refractivity contribution in [3.8, 4) is 0 Å². The summed E-state index contributed by atoms with van der Waals surface area (Å²) in [6.07, 6.45) is 1.40. The van der Waals surface area contributed by atoms with Crippen molar-refractivity contribution >= 4 is 37.7 Å². The highest BCUT2D eigenvalue weighted by atomic mass is 79.9. The second kappa shape index (κ2) is 8.88. The number of rotatable bonds is 8. The van der Waals surface area contributed by atoms with Crippen LogP contribution in [0.4, 0.5) is 0 Å². The molecule has 8 heteroatoms. The van der Waals surface area contributed by atoms with Gasteiger partial charge in [-0.25, -0.2) is 17.9 Å². The molecule has 0 aliphatic carbocycles. The second-order valence-corrected chi connectivity index (χ2v) is 7.77. The fraction of sp³-hybridized carbons (Fsp3) is 0.111. The third-order valence-electron chi connectivity index (χ3n) is 3.32. The van der Waals surface area contributed by atoms with Crippen molar-refractivity contribution < 1.29 is 22.7 Å². The SMILES string of the molecule is C=CCNS(=O)(=O)c1ccc(Br)c(C(=O)OCC(=O)c2ccccc2)c1. The van der Waals surface area contributed by atoms with E-state index in [1.807, 2.05) is 0 Å². The molecule has 0 radical (unpaired) electrons. The molecule has 0 spiro atoms. The van der Waals surface area contributed by atoms with Crippen molar-refractivity contribution in [2.45, 2.75) is 4.90 Å². The smallest absolute Gasteiger partial charge is 0.339 e. The fourth-order valence-electron chi connectivity index (χ4n) is 2.00. The number of ketones is 1. The van der Waals surface area contributed by atoms with Gasteiger partial charge in [0, 0.05) is 16.6 Å². The summed E-state index contributed by atoms with van der Waals surface area (Å²) in [5.74, 6) is -1.16. The normalized spacial score (nSPS) is 11.0. The molecule has 6 nitrogen and oxygen atoms in total. The molecule has 0 saturated heterocycles. The maximum atomic E-state index is 12.3. The number of halogens is 1. The van der Waals surface area contributed by atoms with Crippen LogP contribution in [-0.2, 0) is 14.8 Å². The Hall–Kier alpha value is -2.29. The Morgan fingerprint density at radius 3 is 2.50 bits per heavy atom. The minimum absolute atomic E-state index is 0.00680. The van der Waals surface area contributed by atoms with Gasteiger partial charge in [0.2, 0.25) is 10.0 Å². The van der Waals surface area contributed by atoms with Gasteiger partial charge >= 0.3 is 5.97 Å². The lowest BCUT2D eigenvalue weighted by Crippen LogP contribution is -2.24. The quantitative estimate of drug-likeness (QED) is 0.389. The highest BCUT2D eigenvalue weighted by molar-refractivity contribution is 9.10. The van der Waals surface area contributed by atoms with E-state index in [1.165, 1.54) is 24.3 Å². The Labute approximate surface area is 160 Å². The minimum Gasteiger partial charge on any atom is -0.454 e. The summed E-state index contributed by atoms with van der Waals surface area (Å²) in [7, 11) is -3.79. The number of benzene rings is 2. The molecular weight excluding hydrogens is 422 g/mol. The molecule has 26 heavy (non-hydrogen) atoms. The lowest BCUT2D eigenvalue weighted by molar-refractivity contribution is 0.0473. The predicted molar refractivity (Wildman–Crippen MR) is 101 cm³/mol. The molecule has 1 N–H and O–H groups in total. The van der Waals surface area contributed by atoms with Gasteiger partial charge in [-0.2, -0.15) is 0 Å². The molecule has 2 aromatic rings. The number of sulfonamides is 1. The van der Waals surface area contributed by atoms with Crippen LogP contribution in [0.1, 0.15) is 20.7 Å². The summed E-state index contributed by atoms with van der Waals surface area (Å²) in [6.45, 7) is 3.06. The number of carbonyl (C=O) groups is 2. The lowest BCUT2D eigenvalue weighted by Gasteiger charge is -2.09. The first kappa shape index (κ1) is 20.0. The highest BCUT2D eigenvalue weighted by Crippen LogP contribution is 2.22. The van der Waals surface area contributed by atoms with E-state index < -0.39 is 22.6 Å². The molecular formula is C18H16BrNO5S. The van der Waals surface area contributed by atoms with Crippen molar-refractivity contribution in [2.24, 2.45) is 0 Å². The fourth-order valence-corrected chi connectivity index (χ4v) is 3.43. The number of carbonyl (C=O) groups excluding carboxylic acids is 2. The molecule has 0 unspecified atom stereocenters. The van der Waals surface area contributed by atoms with Crippen LogP contribution in [0.5, 0.6) is 0 Å². The van der Waals surface area contributed by atoms with Gasteiger partial charge in [-0.1, -0.05) is 36.4 Å². The Balaban J connectivity index is 2.14. The van der Waals surface area contributed by atoms with E-state index in [4.69, 9.17) is 4.74 Å². The minimum atomic E-state index is -3.79. The first-order chi connectivity index (χ1) is 12.3. The Kier molecular flexibility index (Phi) is 6.84. The molecule has 0 bridgehead atoms. The monoisotopic (exact) mass is 437 g/mol. The number of nitrogens with one attached hydrogen (secondary N) is 1. The third kappa shape index (κ3) is 5.10. The van der Waals surface area contributed by atoms with Gasteiger partial charge in [-0.3, -0.25) is 4.79 Å². The molecule has 2 rings (SSSR count). The van der Waals surface area contributed by atoms with E-state index in [0.29, 0.717) is 10.0 Å². The molecule has 2 aromatic carbocycles. The van der Waals surface area contributed by atoms with Crippen LogP contribution in [0.25, 0.3) is 0 Å². The molecule has 0 fully saturated rings. The van der Waals surface area contributed by atoms with Gasteiger partial charge in [-0.15, -0.1) is 6.58 Å². The van der Waals surface area contributed by atoms with Crippen molar-refractivity contribution in [1.29, 1.82) is 0 Å². The summed E-state index contributed by atoms with van der Waals surface area (Å²) >= 11 is 3.19. The topological polar surface area (TPSA) is 89.5 Å². The molecule has 0 aliphatic rings. The Bertz CT molecular complexity index is 926. The van der Waals surface area contributed by atoms with E-state index >= 15 is 0 Å². The van der Waals surface area contributed by atoms with E-state index in [9.17, 15) is 18.0 Å². The number of esters is 1. The molecule has 0 aliphatic heterocycles. The van der Waals surface area contributed by atoms with Crippen LogP contribution in [-0.4, -0.2) is 33.3 Å². The Morgan fingerprint density at radius 1 is 1.15 bits per heavy atom. The number of hydrogen-bond donors (Lipinski definition) is 1. The van der Waals surface area contributed by atoms with Gasteiger partial charge in [0.25, 0.3) is 0 Å². The van der Waals surface area contributed by atoms with Gasteiger partial charge in [0.05, 0.1) is 10.5 Å². The molecule has 0 heterocycles. The lowest BCUT2D eigenvalue weighted by atomic mass is 10.1. The number of Topliss-reactive ketones (excluding diaryl/α,β-unsaturated/α-hetero) is 1. The molecule has 0 aromatic heterocycles. The van der Waals surface area contributed by atoms with Crippen LogP contribution in [0.15, 0.2) is 70.6 Å². The molecule has 136 valence electrons. The summed E-state index contributed by atoms with van der Waals surface area (Å²) in [5, 5.41) is 0. The highest BCUT2D eigenvalue weighted by Gasteiger charge is 2.19. The van der Waals surface area contributed by atoms with Gasteiger partial charge in [0.15, 0.2) is 12.4 Å². The van der Waals surface area contributed by atoms with E-state index in [0.717, 1.165) is 0 Å². The standard InChI is InChI=1S/C18H16BrNO5S/c1-2-10-20-26(23,24)14-8-9-16(19)15(11-14)18(22)25-12-17(21)13-6-4-3-5-7-13/h2-9,11,20H,1,10,12H2. The summed E-state index contributed by atoms with van der Waals surface area (Å²) in [6, 6.07) is 12.4. The van der Waals surface area contributed by atoms with Gasteiger partial charge in [0.1, 0.15) is 0 Å². The molecule has 0 saturated carbocycles. The predicted octanol–water partition coefficient (Wildman–Crippen LogP) is 2.95. The van der Waals surface area contributed by atoms with Crippen LogP contribution in [0.3, 0.4) is 0 Å². The largest absolute Gasteiger partial charge is 0.454 e. The van der Waals surface area contributed by atoms with Gasteiger partial charge < -0.3 is 4.74 Å². The van der Waals surface area contributed by atoms with Crippen molar-refractivity contribution in [3.05, 3.63) is 76.8 Å².